The zero-order valence-electron chi connectivity index (χ0n) is 17.4. The van der Waals surface area contributed by atoms with E-state index < -0.39 is 23.2 Å². The van der Waals surface area contributed by atoms with Gasteiger partial charge in [0.2, 0.25) is 0 Å². The van der Waals surface area contributed by atoms with E-state index in [1.54, 1.807) is 30.3 Å². The lowest BCUT2D eigenvalue weighted by atomic mass is 10.1. The predicted octanol–water partition coefficient (Wildman–Crippen LogP) is 5.29. The Balaban J connectivity index is 1.83. The molecule has 7 nitrogen and oxygen atoms in total. The molecule has 0 saturated carbocycles. The van der Waals surface area contributed by atoms with Crippen LogP contribution in [0.2, 0.25) is 5.02 Å². The van der Waals surface area contributed by atoms with Gasteiger partial charge in [0, 0.05) is 5.02 Å². The first-order valence-corrected chi connectivity index (χ1v) is 11.3. The average Bonchev–Trinajstić information content (AvgIpc) is 3.05. The van der Waals surface area contributed by atoms with Gasteiger partial charge in [0.1, 0.15) is 12.6 Å². The molecule has 0 aromatic heterocycles. The Labute approximate surface area is 202 Å². The molecule has 1 saturated heterocycles. The van der Waals surface area contributed by atoms with Gasteiger partial charge in [-0.25, -0.2) is 4.79 Å². The minimum atomic E-state index is -1.01. The first kappa shape index (κ1) is 24.2. The number of hydrogen-bond acceptors (Lipinski definition) is 7. The highest BCUT2D eigenvalue weighted by Gasteiger charge is 2.41. The Morgan fingerprint density at radius 1 is 1.22 bits per heavy atom. The Bertz CT molecular complexity index is 1090. The summed E-state index contributed by atoms with van der Waals surface area (Å²) < 4.78 is 16.6. The van der Waals surface area contributed by atoms with Gasteiger partial charge in [-0.3, -0.25) is 14.5 Å². The molecule has 0 aliphatic carbocycles. The van der Waals surface area contributed by atoms with Crippen molar-refractivity contribution >= 4 is 62.5 Å². The highest BCUT2D eigenvalue weighted by atomic mass is 79.9. The minimum absolute atomic E-state index is 0.189. The molecule has 2 aromatic rings. The van der Waals surface area contributed by atoms with E-state index in [1.165, 1.54) is 21.1 Å². The van der Waals surface area contributed by atoms with Crippen LogP contribution in [-0.4, -0.2) is 42.3 Å². The molecule has 1 fully saturated rings. The summed E-state index contributed by atoms with van der Waals surface area (Å²) in [5, 5.41) is 0.107. The highest BCUT2D eigenvalue weighted by Crippen LogP contribution is 2.40. The normalized spacial score (nSPS) is 15.8. The molecule has 2 amide bonds. The number of halogens is 2. The molecule has 1 heterocycles. The fourth-order valence-corrected chi connectivity index (χ4v) is 4.55. The molecule has 0 spiro atoms. The largest absolute Gasteiger partial charge is 0.493 e. The molecule has 168 valence electrons. The molecule has 1 aliphatic heterocycles. The van der Waals surface area contributed by atoms with Crippen LogP contribution in [0.5, 0.6) is 11.5 Å². The monoisotopic (exact) mass is 539 g/mol. The second-order valence-corrected chi connectivity index (χ2v) is 8.98. The second kappa shape index (κ2) is 10.4. The van der Waals surface area contributed by atoms with Crippen molar-refractivity contribution in [1.29, 1.82) is 0 Å². The Hall–Kier alpha value is -2.49. The van der Waals surface area contributed by atoms with E-state index in [0.717, 1.165) is 22.2 Å². The Morgan fingerprint density at radius 2 is 1.91 bits per heavy atom. The van der Waals surface area contributed by atoms with E-state index in [-0.39, 0.29) is 4.91 Å². The van der Waals surface area contributed by atoms with Crippen molar-refractivity contribution in [2.24, 2.45) is 0 Å². The van der Waals surface area contributed by atoms with E-state index in [9.17, 15) is 14.4 Å². The first-order valence-electron chi connectivity index (χ1n) is 9.34. The fourth-order valence-electron chi connectivity index (χ4n) is 2.94. The van der Waals surface area contributed by atoms with Gasteiger partial charge in [-0.1, -0.05) is 23.7 Å². The Morgan fingerprint density at radius 3 is 2.53 bits per heavy atom. The number of methoxy groups -OCH3 is 2. The molecule has 0 unspecified atom stereocenters. The van der Waals surface area contributed by atoms with Crippen molar-refractivity contribution < 1.29 is 28.6 Å². The molecule has 0 radical (unpaired) electrons. The summed E-state index contributed by atoms with van der Waals surface area (Å²) in [5.41, 5.74) is 1.55. The van der Waals surface area contributed by atoms with E-state index >= 15 is 0 Å². The lowest BCUT2D eigenvalue weighted by molar-refractivity contribution is -0.148. The Kier molecular flexibility index (Phi) is 7.86. The topological polar surface area (TPSA) is 82.1 Å². The number of imide groups is 1. The number of carbonyl (C=O) groups is 3. The molecule has 0 N–H and O–H groups in total. The fraction of sp³-hybridized carbons (Fsp3) is 0.227. The van der Waals surface area contributed by atoms with E-state index in [4.69, 9.17) is 21.1 Å². The number of hydrogen-bond donors (Lipinski definition) is 0. The molecule has 3 rings (SSSR count). The van der Waals surface area contributed by atoms with Crippen LogP contribution in [0.3, 0.4) is 0 Å². The van der Waals surface area contributed by atoms with Crippen LogP contribution >= 0.6 is 39.3 Å². The van der Waals surface area contributed by atoms with Gasteiger partial charge in [-0.2, -0.15) is 0 Å². The summed E-state index contributed by atoms with van der Waals surface area (Å²) in [6, 6.07) is 9.72. The van der Waals surface area contributed by atoms with Gasteiger partial charge < -0.3 is 14.2 Å². The quantitative estimate of drug-likeness (QED) is 0.349. The summed E-state index contributed by atoms with van der Waals surface area (Å²) >= 11 is 10.1. The lowest BCUT2D eigenvalue weighted by Crippen LogP contribution is -2.42. The van der Waals surface area contributed by atoms with Gasteiger partial charge in [0.05, 0.1) is 23.6 Å². The molecule has 2 aromatic carbocycles. The molecule has 10 heteroatoms. The van der Waals surface area contributed by atoms with Crippen molar-refractivity contribution in [1.82, 2.24) is 4.90 Å². The maximum absolute atomic E-state index is 12.7. The maximum atomic E-state index is 12.7. The first-order chi connectivity index (χ1) is 15.2. The van der Waals surface area contributed by atoms with Gasteiger partial charge >= 0.3 is 5.97 Å². The van der Waals surface area contributed by atoms with Crippen LogP contribution in [0.4, 0.5) is 4.79 Å². The second-order valence-electron chi connectivity index (χ2n) is 6.70. The summed E-state index contributed by atoms with van der Waals surface area (Å²) in [4.78, 5) is 37.8. The SMILES string of the molecule is COC(=O)[C@@H](C)N1C(=O)S/C(=C/c2cc(Br)c(OCc3ccc(Cl)cc3)c(OC)c2)C1=O. The smallest absolute Gasteiger partial charge is 0.328 e. The van der Waals surface area contributed by atoms with E-state index in [0.29, 0.717) is 33.2 Å². The van der Waals surface area contributed by atoms with Crippen molar-refractivity contribution in [2.45, 2.75) is 19.6 Å². The van der Waals surface area contributed by atoms with Gasteiger partial charge in [0.15, 0.2) is 11.5 Å². The molecule has 0 bridgehead atoms. The van der Waals surface area contributed by atoms with Gasteiger partial charge in [-0.05, 0) is 76.1 Å². The third kappa shape index (κ3) is 5.28. The average molecular weight is 541 g/mol. The molecular formula is C22H19BrClNO6S. The third-order valence-electron chi connectivity index (χ3n) is 4.60. The van der Waals surface area contributed by atoms with Crippen molar-refractivity contribution in [2.75, 3.05) is 14.2 Å². The number of amides is 2. The molecular weight excluding hydrogens is 522 g/mol. The number of benzene rings is 2. The lowest BCUT2D eigenvalue weighted by Gasteiger charge is -2.18. The van der Waals surface area contributed by atoms with Gasteiger partial charge in [0.25, 0.3) is 11.1 Å². The number of ether oxygens (including phenoxy) is 3. The highest BCUT2D eigenvalue weighted by molar-refractivity contribution is 9.10. The van der Waals surface area contributed by atoms with Gasteiger partial charge in [-0.15, -0.1) is 0 Å². The zero-order chi connectivity index (χ0) is 23.4. The van der Waals surface area contributed by atoms with Crippen LogP contribution in [-0.2, 0) is 20.9 Å². The van der Waals surface area contributed by atoms with Crippen molar-refractivity contribution in [3.8, 4) is 11.5 Å². The standard InChI is InChI=1S/C22H19BrClNO6S/c1-12(21(27)30-3)25-20(26)18(32-22(25)28)10-14-8-16(23)19(17(9-14)29-2)31-11-13-4-6-15(24)7-5-13/h4-10,12H,11H2,1-3H3/b18-10+/t12-/m1/s1. The van der Waals surface area contributed by atoms with Crippen LogP contribution < -0.4 is 9.47 Å². The number of esters is 1. The summed E-state index contributed by atoms with van der Waals surface area (Å²) in [7, 11) is 2.71. The van der Waals surface area contributed by atoms with E-state index in [2.05, 4.69) is 20.7 Å². The number of nitrogens with zero attached hydrogens (tertiary/aromatic N) is 1. The summed E-state index contributed by atoms with van der Waals surface area (Å²) in [5.74, 6) is -0.287. The predicted molar refractivity (Wildman–Crippen MR) is 126 cm³/mol. The van der Waals surface area contributed by atoms with Crippen LogP contribution in [0.1, 0.15) is 18.1 Å². The van der Waals surface area contributed by atoms with Crippen molar-refractivity contribution in [3.05, 3.63) is 61.9 Å². The van der Waals surface area contributed by atoms with E-state index in [1.807, 2.05) is 12.1 Å². The zero-order valence-corrected chi connectivity index (χ0v) is 20.5. The third-order valence-corrected chi connectivity index (χ3v) is 6.32. The number of thioether (sulfide) groups is 1. The van der Waals surface area contributed by atoms with Crippen molar-refractivity contribution in [3.63, 3.8) is 0 Å². The van der Waals surface area contributed by atoms with Crippen LogP contribution in [0.25, 0.3) is 6.08 Å². The number of carbonyl (C=O) groups excluding carboxylic acids is 3. The maximum Gasteiger partial charge on any atom is 0.328 e. The molecule has 32 heavy (non-hydrogen) atoms. The molecule has 1 aliphatic rings. The molecule has 1 atom stereocenters. The van der Waals surface area contributed by atoms with Crippen LogP contribution in [0, 0.1) is 0 Å². The summed E-state index contributed by atoms with van der Waals surface area (Å²) in [6.45, 7) is 1.74. The number of rotatable bonds is 7. The summed E-state index contributed by atoms with van der Waals surface area (Å²) in [6.07, 6.45) is 1.56. The van der Waals surface area contributed by atoms with Crippen LogP contribution in [0.15, 0.2) is 45.8 Å². The minimum Gasteiger partial charge on any atom is -0.493 e.